The molecule has 2 aromatic rings. The first kappa shape index (κ1) is 10.8. The summed E-state index contributed by atoms with van der Waals surface area (Å²) in [5.74, 6) is 0. The van der Waals surface area contributed by atoms with Gasteiger partial charge in [-0.15, -0.1) is 11.3 Å². The maximum absolute atomic E-state index is 11.8. The Morgan fingerprint density at radius 2 is 1.75 bits per heavy atom. The maximum Gasteiger partial charge on any atom is 0.331 e. The summed E-state index contributed by atoms with van der Waals surface area (Å²) in [5, 5.41) is 0.0835. The average molecular weight is 238 g/mol. The van der Waals surface area contributed by atoms with Crippen LogP contribution in [0.1, 0.15) is 4.88 Å². The number of aromatic nitrogens is 2. The topological polar surface area (TPSA) is 61.1 Å². The van der Waals surface area contributed by atoms with E-state index in [4.69, 9.17) is 0 Å². The molecule has 6 heteroatoms. The summed E-state index contributed by atoms with van der Waals surface area (Å²) in [4.78, 5) is 36.4. The van der Waals surface area contributed by atoms with Crippen molar-refractivity contribution in [1.82, 2.24) is 9.13 Å². The third-order valence-corrected chi connectivity index (χ3v) is 3.56. The molecule has 0 saturated heterocycles. The van der Waals surface area contributed by atoms with Crippen molar-refractivity contribution in [1.29, 1.82) is 0 Å². The van der Waals surface area contributed by atoms with Gasteiger partial charge in [0.05, 0.1) is 0 Å². The molecule has 0 bridgehead atoms. The van der Waals surface area contributed by atoms with Gasteiger partial charge in [-0.05, 0) is 13.0 Å². The lowest BCUT2D eigenvalue weighted by molar-refractivity contribution is 0.716. The van der Waals surface area contributed by atoms with Gasteiger partial charge >= 0.3 is 5.69 Å². The zero-order valence-electron chi connectivity index (χ0n) is 9.10. The largest absolute Gasteiger partial charge is 0.331 e. The van der Waals surface area contributed by atoms with Crippen LogP contribution in [0, 0.1) is 6.92 Å². The monoisotopic (exact) mass is 238 g/mol. The molecule has 0 aliphatic heterocycles. The predicted octanol–water partition coefficient (Wildman–Crippen LogP) is -0.0327. The van der Waals surface area contributed by atoms with E-state index >= 15 is 0 Å². The van der Waals surface area contributed by atoms with Crippen LogP contribution in [-0.4, -0.2) is 9.13 Å². The number of aryl methyl sites for hydroxylation is 2. The number of nitrogens with zero attached hydrogens (tertiary/aromatic N) is 2. The number of hydrogen-bond acceptors (Lipinski definition) is 4. The van der Waals surface area contributed by atoms with Crippen LogP contribution in [0.2, 0.25) is 0 Å². The van der Waals surface area contributed by atoms with E-state index in [1.54, 1.807) is 14.0 Å². The van der Waals surface area contributed by atoms with Crippen molar-refractivity contribution >= 4 is 21.6 Å². The molecule has 0 saturated carbocycles. The van der Waals surface area contributed by atoms with E-state index in [0.717, 1.165) is 9.44 Å². The van der Waals surface area contributed by atoms with Crippen LogP contribution >= 0.6 is 11.3 Å². The van der Waals surface area contributed by atoms with Crippen LogP contribution in [-0.2, 0) is 14.1 Å². The van der Waals surface area contributed by atoms with Crippen molar-refractivity contribution in [2.75, 3.05) is 0 Å². The average Bonchev–Trinajstić information content (AvgIpc) is 2.22. The molecule has 0 unspecified atom stereocenters. The summed E-state index contributed by atoms with van der Waals surface area (Å²) in [6.45, 7) is 1.77. The third kappa shape index (κ3) is 1.34. The van der Waals surface area contributed by atoms with Crippen LogP contribution in [0.3, 0.4) is 0 Å². The Kier molecular flexibility index (Phi) is 2.31. The normalized spacial score (nSPS) is 10.9. The molecule has 0 radical (unpaired) electrons. The maximum atomic E-state index is 11.8. The molecule has 16 heavy (non-hydrogen) atoms. The van der Waals surface area contributed by atoms with Gasteiger partial charge in [0.1, 0.15) is 10.2 Å². The number of hydrogen-bond donors (Lipinski definition) is 0. The molecule has 2 heterocycles. The zero-order valence-corrected chi connectivity index (χ0v) is 9.92. The summed E-state index contributed by atoms with van der Waals surface area (Å²) in [5.41, 5.74) is -1.28. The van der Waals surface area contributed by atoms with Crippen LogP contribution in [0.15, 0.2) is 20.4 Å². The van der Waals surface area contributed by atoms with Gasteiger partial charge in [0.2, 0.25) is 0 Å². The fraction of sp³-hybridized carbons (Fsp3) is 0.300. The van der Waals surface area contributed by atoms with Gasteiger partial charge in [-0.1, -0.05) is 0 Å². The molecule has 0 aromatic carbocycles. The van der Waals surface area contributed by atoms with Crippen molar-refractivity contribution in [3.8, 4) is 0 Å². The molecule has 84 valence electrons. The highest BCUT2D eigenvalue weighted by Gasteiger charge is 2.12. The Morgan fingerprint density at radius 3 is 2.38 bits per heavy atom. The lowest BCUT2D eigenvalue weighted by Gasteiger charge is -2.05. The number of rotatable bonds is 0. The zero-order chi connectivity index (χ0) is 12.0. The van der Waals surface area contributed by atoms with Gasteiger partial charge in [0.25, 0.3) is 5.56 Å². The predicted molar refractivity (Wildman–Crippen MR) is 63.3 cm³/mol. The van der Waals surface area contributed by atoms with E-state index in [1.807, 2.05) is 0 Å². The summed E-state index contributed by atoms with van der Waals surface area (Å²) in [7, 11) is 2.92. The molecule has 2 aromatic heterocycles. The van der Waals surface area contributed by atoms with Crippen molar-refractivity contribution in [3.05, 3.63) is 42.0 Å². The van der Waals surface area contributed by atoms with Crippen molar-refractivity contribution in [3.63, 3.8) is 0 Å². The van der Waals surface area contributed by atoms with Gasteiger partial charge in [-0.25, -0.2) is 4.79 Å². The van der Waals surface area contributed by atoms with Crippen molar-refractivity contribution in [2.24, 2.45) is 14.1 Å². The van der Waals surface area contributed by atoms with Gasteiger partial charge < -0.3 is 0 Å². The summed E-state index contributed by atoms with van der Waals surface area (Å²) < 4.78 is 2.28. The lowest BCUT2D eigenvalue weighted by atomic mass is 10.3. The van der Waals surface area contributed by atoms with E-state index in [-0.39, 0.29) is 10.8 Å². The first-order valence-electron chi connectivity index (χ1n) is 4.64. The lowest BCUT2D eigenvalue weighted by Crippen LogP contribution is -2.38. The second kappa shape index (κ2) is 3.41. The smallest absolute Gasteiger partial charge is 0.289 e. The Hall–Kier alpha value is -1.69. The van der Waals surface area contributed by atoms with Gasteiger partial charge in [-0.2, -0.15) is 0 Å². The van der Waals surface area contributed by atoms with E-state index in [2.05, 4.69) is 0 Å². The summed E-state index contributed by atoms with van der Waals surface area (Å²) in [6, 6.07) is 1.42. The molecular weight excluding hydrogens is 228 g/mol. The minimum atomic E-state index is -0.528. The molecule has 2 rings (SSSR count). The van der Waals surface area contributed by atoms with Gasteiger partial charge in [-0.3, -0.25) is 18.7 Å². The quantitative estimate of drug-likeness (QED) is 0.647. The molecule has 0 amide bonds. The highest BCUT2D eigenvalue weighted by molar-refractivity contribution is 7.17. The first-order chi connectivity index (χ1) is 7.43. The molecule has 0 fully saturated rings. The van der Waals surface area contributed by atoms with Crippen LogP contribution in [0.5, 0.6) is 0 Å². The first-order valence-corrected chi connectivity index (χ1v) is 5.45. The molecule has 5 nitrogen and oxygen atoms in total. The highest BCUT2D eigenvalue weighted by atomic mass is 32.1. The van der Waals surface area contributed by atoms with E-state index in [0.29, 0.717) is 4.83 Å². The molecule has 0 N–H and O–H groups in total. The molecule has 0 aliphatic rings. The minimum absolute atomic E-state index is 0.0835. The molecular formula is C10H10N2O3S. The fourth-order valence-corrected chi connectivity index (χ4v) is 2.57. The fourth-order valence-electron chi connectivity index (χ4n) is 1.59. The Bertz CT molecular complexity index is 751. The van der Waals surface area contributed by atoms with E-state index in [9.17, 15) is 14.4 Å². The van der Waals surface area contributed by atoms with Crippen molar-refractivity contribution in [2.45, 2.75) is 6.92 Å². The van der Waals surface area contributed by atoms with Crippen LogP contribution < -0.4 is 16.7 Å². The second-order valence-corrected chi connectivity index (χ2v) is 4.84. The SMILES string of the molecule is Cc1cc(=O)c2c(=O)n(C)c(=O)n(C)c2s1. The minimum Gasteiger partial charge on any atom is -0.289 e. The van der Waals surface area contributed by atoms with E-state index < -0.39 is 11.2 Å². The van der Waals surface area contributed by atoms with Crippen molar-refractivity contribution < 1.29 is 0 Å². The summed E-state index contributed by atoms with van der Waals surface area (Å²) >= 11 is 1.27. The Labute approximate surface area is 94.2 Å². The number of fused-ring (bicyclic) bond motifs is 1. The third-order valence-electron chi connectivity index (χ3n) is 2.45. The van der Waals surface area contributed by atoms with Gasteiger partial charge in [0, 0.05) is 19.0 Å². The Balaban J connectivity index is 3.29. The standard InChI is InChI=1S/C10H10N2O3S/c1-5-4-6(13)7-8(14)11(2)10(15)12(3)9(7)16-5/h4H,1-3H3. The second-order valence-electron chi connectivity index (χ2n) is 3.61. The molecule has 0 atom stereocenters. The molecule has 0 spiro atoms. The van der Waals surface area contributed by atoms with Crippen LogP contribution in [0.25, 0.3) is 10.2 Å². The highest BCUT2D eigenvalue weighted by Crippen LogP contribution is 2.13. The van der Waals surface area contributed by atoms with Crippen LogP contribution in [0.4, 0.5) is 0 Å². The molecule has 0 aliphatic carbocycles. The van der Waals surface area contributed by atoms with E-state index in [1.165, 1.54) is 29.0 Å². The summed E-state index contributed by atoms with van der Waals surface area (Å²) in [6.07, 6.45) is 0. The Morgan fingerprint density at radius 1 is 1.12 bits per heavy atom. The van der Waals surface area contributed by atoms with Gasteiger partial charge in [0.15, 0.2) is 5.43 Å².